The van der Waals surface area contributed by atoms with Crippen LogP contribution in [0.4, 0.5) is 18.9 Å². The third-order valence-electron chi connectivity index (χ3n) is 6.77. The molecule has 1 amide bonds. The van der Waals surface area contributed by atoms with Crippen molar-refractivity contribution in [2.24, 2.45) is 0 Å². The number of alkyl halides is 3. The van der Waals surface area contributed by atoms with Gasteiger partial charge in [0.25, 0.3) is 5.91 Å². The molecule has 0 bridgehead atoms. The molecule has 3 aromatic rings. The Bertz CT molecular complexity index is 1410. The lowest BCUT2D eigenvalue weighted by atomic mass is 9.72. The molecule has 0 radical (unpaired) electrons. The first-order valence-electron chi connectivity index (χ1n) is 11.9. The average molecular weight is 504 g/mol. The molecule has 37 heavy (non-hydrogen) atoms. The summed E-state index contributed by atoms with van der Waals surface area (Å²) in [6.07, 6.45) is -2.07. The first kappa shape index (κ1) is 24.5. The summed E-state index contributed by atoms with van der Waals surface area (Å²) in [7, 11) is 0. The lowest BCUT2D eigenvalue weighted by Gasteiger charge is -2.36. The number of carbonyl (C=O) groups is 2. The van der Waals surface area contributed by atoms with Gasteiger partial charge in [-0.15, -0.1) is 0 Å². The number of ketones is 1. The van der Waals surface area contributed by atoms with E-state index >= 15 is 0 Å². The third-order valence-corrected chi connectivity index (χ3v) is 6.77. The van der Waals surface area contributed by atoms with E-state index in [0.29, 0.717) is 23.4 Å². The Morgan fingerprint density at radius 1 is 1.00 bits per heavy atom. The van der Waals surface area contributed by atoms with E-state index in [1.165, 1.54) is 12.1 Å². The van der Waals surface area contributed by atoms with Gasteiger partial charge < -0.3 is 10.6 Å². The number of nitrogens with one attached hydrogen (secondary N) is 2. The van der Waals surface area contributed by atoms with Crippen LogP contribution < -0.4 is 10.6 Å². The van der Waals surface area contributed by atoms with Gasteiger partial charge >= 0.3 is 6.18 Å². The van der Waals surface area contributed by atoms with Gasteiger partial charge in [0.1, 0.15) is 0 Å². The predicted octanol–water partition coefficient (Wildman–Crippen LogP) is 6.10. The van der Waals surface area contributed by atoms with E-state index in [1.54, 1.807) is 31.3 Å². The van der Waals surface area contributed by atoms with Crippen LogP contribution in [-0.4, -0.2) is 16.7 Å². The van der Waals surface area contributed by atoms with Crippen LogP contribution in [0.1, 0.15) is 48.4 Å². The van der Waals surface area contributed by atoms with Gasteiger partial charge in [-0.25, -0.2) is 0 Å². The summed E-state index contributed by atoms with van der Waals surface area (Å²) < 4.78 is 39.6. The molecule has 2 N–H and O–H groups in total. The second-order valence-corrected chi connectivity index (χ2v) is 9.22. The number of carbonyl (C=O) groups excluding carboxylic acids is 2. The summed E-state index contributed by atoms with van der Waals surface area (Å²) in [5.41, 5.74) is 2.74. The van der Waals surface area contributed by atoms with Gasteiger partial charge in [0.05, 0.1) is 17.2 Å². The van der Waals surface area contributed by atoms with E-state index < -0.39 is 23.6 Å². The lowest BCUT2D eigenvalue weighted by molar-refractivity contribution is -0.137. The van der Waals surface area contributed by atoms with Crippen LogP contribution in [0.5, 0.6) is 0 Å². The van der Waals surface area contributed by atoms with Crippen molar-refractivity contribution in [2.45, 2.75) is 37.8 Å². The van der Waals surface area contributed by atoms with Crippen molar-refractivity contribution in [3.05, 3.63) is 118 Å². The van der Waals surface area contributed by atoms with Gasteiger partial charge in [0, 0.05) is 40.8 Å². The second-order valence-electron chi connectivity index (χ2n) is 9.22. The van der Waals surface area contributed by atoms with Crippen LogP contribution in [0, 0.1) is 0 Å². The fraction of sp³-hybridized carbons (Fsp3) is 0.207. The highest BCUT2D eigenvalue weighted by molar-refractivity contribution is 6.09. The van der Waals surface area contributed by atoms with E-state index in [2.05, 4.69) is 15.6 Å². The van der Waals surface area contributed by atoms with E-state index in [-0.39, 0.29) is 29.4 Å². The molecule has 1 aliphatic heterocycles. The smallest absolute Gasteiger partial charge is 0.362 e. The van der Waals surface area contributed by atoms with E-state index in [4.69, 9.17) is 0 Å². The minimum Gasteiger partial charge on any atom is -0.362 e. The van der Waals surface area contributed by atoms with Gasteiger partial charge in [-0.2, -0.15) is 13.2 Å². The molecule has 2 heterocycles. The summed E-state index contributed by atoms with van der Waals surface area (Å²) in [5.74, 6) is -1.43. The van der Waals surface area contributed by atoms with Crippen molar-refractivity contribution in [3.8, 4) is 0 Å². The fourth-order valence-electron chi connectivity index (χ4n) is 5.12. The van der Waals surface area contributed by atoms with Crippen molar-refractivity contribution in [2.75, 3.05) is 5.32 Å². The highest BCUT2D eigenvalue weighted by Gasteiger charge is 2.41. The molecule has 0 fully saturated rings. The number of pyridine rings is 1. The number of dihydropyridines is 1. The number of halogens is 3. The number of nitrogens with zero attached hydrogens (tertiary/aromatic N) is 1. The van der Waals surface area contributed by atoms with Gasteiger partial charge in [0.2, 0.25) is 0 Å². The van der Waals surface area contributed by atoms with Crippen molar-refractivity contribution in [3.63, 3.8) is 0 Å². The van der Waals surface area contributed by atoms with Crippen LogP contribution in [0.15, 0.2) is 102 Å². The Morgan fingerprint density at radius 2 is 1.76 bits per heavy atom. The Labute approximate surface area is 212 Å². The van der Waals surface area contributed by atoms with Crippen molar-refractivity contribution in [1.82, 2.24) is 10.3 Å². The Morgan fingerprint density at radius 3 is 2.46 bits per heavy atom. The van der Waals surface area contributed by atoms with Crippen LogP contribution in [0.2, 0.25) is 0 Å². The molecule has 5 nitrogen and oxygen atoms in total. The molecule has 1 aromatic heterocycles. The van der Waals surface area contributed by atoms with Crippen LogP contribution in [-0.2, 0) is 15.8 Å². The maximum absolute atomic E-state index is 13.6. The molecule has 0 spiro atoms. The molecule has 5 rings (SSSR count). The minimum absolute atomic E-state index is 0.00221. The Hall–Kier alpha value is -4.20. The summed E-state index contributed by atoms with van der Waals surface area (Å²) in [5, 5.41) is 5.87. The zero-order valence-corrected chi connectivity index (χ0v) is 20.0. The molecular formula is C29H24F3N3O2. The average Bonchev–Trinajstić information content (AvgIpc) is 2.88. The number of hydrogen-bond acceptors (Lipinski definition) is 4. The molecule has 8 heteroatoms. The van der Waals surface area contributed by atoms with Gasteiger partial charge in [-0.3, -0.25) is 14.6 Å². The van der Waals surface area contributed by atoms with Gasteiger partial charge in [0.15, 0.2) is 5.78 Å². The SMILES string of the molecule is CC1=C(C(=O)Nc2cccc(C(F)(F)F)c2)[C@@H](c2ccccn2)C2=C(C[C@H](c3ccccc3)CC2=O)N1. The lowest BCUT2D eigenvalue weighted by Crippen LogP contribution is -2.37. The topological polar surface area (TPSA) is 71.1 Å². The molecule has 0 unspecified atom stereocenters. The minimum atomic E-state index is -4.54. The number of aromatic nitrogens is 1. The van der Waals surface area contributed by atoms with Crippen LogP contribution in [0.3, 0.4) is 0 Å². The van der Waals surface area contributed by atoms with Crippen molar-refractivity contribution < 1.29 is 22.8 Å². The van der Waals surface area contributed by atoms with Gasteiger partial charge in [-0.05, 0) is 55.2 Å². The Kier molecular flexibility index (Phi) is 6.41. The van der Waals surface area contributed by atoms with Crippen LogP contribution in [0.25, 0.3) is 0 Å². The highest BCUT2D eigenvalue weighted by Crippen LogP contribution is 2.45. The second kappa shape index (κ2) is 9.69. The first-order valence-corrected chi connectivity index (χ1v) is 11.9. The third kappa shape index (κ3) is 4.91. The maximum atomic E-state index is 13.6. The molecule has 2 atom stereocenters. The maximum Gasteiger partial charge on any atom is 0.416 e. The molecule has 2 aromatic carbocycles. The molecule has 0 saturated carbocycles. The predicted molar refractivity (Wildman–Crippen MR) is 133 cm³/mol. The number of allylic oxidation sites excluding steroid dienone is 3. The number of Topliss-reactive ketones (excluding diaryl/α,β-unsaturated/α-hetero) is 1. The number of amides is 1. The summed E-state index contributed by atoms with van der Waals surface area (Å²) in [4.78, 5) is 31.6. The standard InChI is InChI=1S/C29H24F3N3O2/c1-17-25(28(37)35-21-11-7-10-20(16-21)29(30,31)32)27(22-12-5-6-13-33-22)26-23(34-17)14-19(15-24(26)36)18-8-3-2-4-9-18/h2-13,16,19,27,34H,14-15H2,1H3,(H,35,37)/t19-,27+/m0/s1. The number of benzene rings is 2. The first-order chi connectivity index (χ1) is 17.7. The largest absolute Gasteiger partial charge is 0.416 e. The zero-order chi connectivity index (χ0) is 26.2. The normalized spacial score (nSPS) is 19.8. The zero-order valence-electron chi connectivity index (χ0n) is 20.0. The monoisotopic (exact) mass is 503 g/mol. The summed E-state index contributed by atoms with van der Waals surface area (Å²) in [6, 6.07) is 19.6. The van der Waals surface area contributed by atoms with E-state index in [1.807, 2.05) is 30.3 Å². The van der Waals surface area contributed by atoms with E-state index in [9.17, 15) is 22.8 Å². The summed E-state index contributed by atoms with van der Waals surface area (Å²) >= 11 is 0. The van der Waals surface area contributed by atoms with Crippen molar-refractivity contribution in [1.29, 1.82) is 0 Å². The van der Waals surface area contributed by atoms with Crippen molar-refractivity contribution >= 4 is 17.4 Å². The van der Waals surface area contributed by atoms with Gasteiger partial charge in [-0.1, -0.05) is 42.5 Å². The fourth-order valence-corrected chi connectivity index (χ4v) is 5.12. The van der Waals surface area contributed by atoms with E-state index in [0.717, 1.165) is 23.4 Å². The molecular weight excluding hydrogens is 479 g/mol. The Balaban J connectivity index is 1.52. The molecule has 1 aliphatic carbocycles. The molecule has 0 saturated heterocycles. The van der Waals surface area contributed by atoms with Crippen LogP contribution >= 0.6 is 0 Å². The number of rotatable bonds is 4. The summed E-state index contributed by atoms with van der Waals surface area (Å²) in [6.45, 7) is 1.73. The quantitative estimate of drug-likeness (QED) is 0.451. The number of anilines is 1. The highest BCUT2D eigenvalue weighted by atomic mass is 19.4. The molecule has 2 aliphatic rings. The molecule has 188 valence electrons. The number of hydrogen-bond donors (Lipinski definition) is 2.